The molecule has 0 saturated heterocycles. The van der Waals surface area contributed by atoms with Crippen LogP contribution in [0.25, 0.3) is 0 Å². The van der Waals surface area contributed by atoms with Crippen molar-refractivity contribution in [2.45, 2.75) is 33.6 Å². The highest BCUT2D eigenvalue weighted by atomic mass is 79.9. The van der Waals surface area contributed by atoms with Gasteiger partial charge in [-0.2, -0.15) is 0 Å². The third kappa shape index (κ3) is 10.1. The summed E-state index contributed by atoms with van der Waals surface area (Å²) in [7, 11) is 0. The van der Waals surface area contributed by atoms with Crippen LogP contribution in [0.1, 0.15) is 33.6 Å². The molecule has 0 bridgehead atoms. The van der Waals surface area contributed by atoms with Gasteiger partial charge in [-0.05, 0) is 71.5 Å². The van der Waals surface area contributed by atoms with Crippen molar-refractivity contribution in [3.05, 3.63) is 32.8 Å². The van der Waals surface area contributed by atoms with E-state index in [0.29, 0.717) is 0 Å². The molecular formula is C11H16Br2. The molecule has 0 aromatic heterocycles. The van der Waals surface area contributed by atoms with Crippen LogP contribution in [-0.2, 0) is 0 Å². The average molecular weight is 308 g/mol. The predicted molar refractivity (Wildman–Crippen MR) is 68.4 cm³/mol. The third-order valence-electron chi connectivity index (χ3n) is 1.59. The van der Waals surface area contributed by atoms with Gasteiger partial charge >= 0.3 is 0 Å². The van der Waals surface area contributed by atoms with E-state index in [-0.39, 0.29) is 0 Å². The normalized spacial score (nSPS) is 11.0. The van der Waals surface area contributed by atoms with E-state index in [1.54, 1.807) is 0 Å². The number of rotatable bonds is 4. The lowest BCUT2D eigenvalue weighted by Crippen LogP contribution is -1.75. The first-order valence-electron chi connectivity index (χ1n) is 4.34. The monoisotopic (exact) mass is 306 g/mol. The van der Waals surface area contributed by atoms with E-state index in [1.165, 1.54) is 11.1 Å². The van der Waals surface area contributed by atoms with Crippen molar-refractivity contribution < 1.29 is 0 Å². The molecule has 0 fully saturated rings. The second-order valence-corrected chi connectivity index (χ2v) is 6.06. The first-order chi connectivity index (χ1) is 6.02. The highest BCUT2D eigenvalue weighted by Crippen LogP contribution is 2.14. The van der Waals surface area contributed by atoms with E-state index < -0.39 is 0 Å². The van der Waals surface area contributed by atoms with Crippen LogP contribution in [0.2, 0.25) is 0 Å². The number of hydrogen-bond acceptors (Lipinski definition) is 0. The summed E-state index contributed by atoms with van der Waals surface area (Å²) in [5, 5.41) is 0. The lowest BCUT2D eigenvalue weighted by Gasteiger charge is -1.96. The van der Waals surface area contributed by atoms with Gasteiger partial charge in [0.15, 0.2) is 0 Å². The Morgan fingerprint density at radius 2 is 1.69 bits per heavy atom. The summed E-state index contributed by atoms with van der Waals surface area (Å²) in [6.07, 6.45) is 8.67. The molecular weight excluding hydrogens is 292 g/mol. The smallest absolute Gasteiger partial charge is 0.0604 e. The Balaban J connectivity index is 3.88. The molecule has 2 heteroatoms. The van der Waals surface area contributed by atoms with Crippen molar-refractivity contribution in [3.8, 4) is 0 Å². The van der Waals surface area contributed by atoms with Crippen LogP contribution in [0, 0.1) is 0 Å². The van der Waals surface area contributed by atoms with Gasteiger partial charge in [0.25, 0.3) is 0 Å². The first-order valence-corrected chi connectivity index (χ1v) is 5.93. The number of allylic oxidation sites excluding steroid dienone is 5. The van der Waals surface area contributed by atoms with Gasteiger partial charge in [-0.3, -0.25) is 0 Å². The van der Waals surface area contributed by atoms with E-state index in [2.05, 4.69) is 64.8 Å². The number of halogens is 2. The third-order valence-corrected chi connectivity index (χ3v) is 2.11. The van der Waals surface area contributed by atoms with Gasteiger partial charge in [0.05, 0.1) is 3.39 Å². The predicted octanol–water partition coefficient (Wildman–Crippen LogP) is 5.31. The maximum atomic E-state index is 3.32. The lowest BCUT2D eigenvalue weighted by atomic mass is 10.1. The summed E-state index contributed by atoms with van der Waals surface area (Å²) >= 11 is 6.63. The summed E-state index contributed by atoms with van der Waals surface area (Å²) in [4.78, 5) is 0. The Labute approximate surface area is 98.1 Å². The molecule has 13 heavy (non-hydrogen) atoms. The molecule has 0 radical (unpaired) electrons. The second kappa shape index (κ2) is 7.57. The van der Waals surface area contributed by atoms with Crippen LogP contribution in [-0.4, -0.2) is 0 Å². The van der Waals surface area contributed by atoms with Crippen molar-refractivity contribution in [1.29, 1.82) is 0 Å². The Kier molecular flexibility index (Phi) is 7.68. The zero-order valence-corrected chi connectivity index (χ0v) is 11.6. The summed E-state index contributed by atoms with van der Waals surface area (Å²) in [6, 6.07) is 0. The van der Waals surface area contributed by atoms with Crippen molar-refractivity contribution >= 4 is 31.9 Å². The fourth-order valence-electron chi connectivity index (χ4n) is 0.877. The maximum Gasteiger partial charge on any atom is 0.0604 e. The molecule has 74 valence electrons. The zero-order chi connectivity index (χ0) is 10.3. The van der Waals surface area contributed by atoms with Crippen LogP contribution in [0.3, 0.4) is 0 Å². The van der Waals surface area contributed by atoms with Gasteiger partial charge in [0.2, 0.25) is 0 Å². The minimum Gasteiger partial charge on any atom is -0.0856 e. The fraction of sp³-hybridized carbons (Fsp3) is 0.455. The molecule has 0 aliphatic rings. The fourth-order valence-corrected chi connectivity index (χ4v) is 1.14. The van der Waals surface area contributed by atoms with Crippen LogP contribution in [0.5, 0.6) is 0 Å². The molecule has 0 amide bonds. The zero-order valence-electron chi connectivity index (χ0n) is 8.40. The Bertz CT molecular complexity index is 226. The van der Waals surface area contributed by atoms with Gasteiger partial charge in [-0.15, -0.1) is 0 Å². The molecule has 0 rings (SSSR count). The standard InChI is InChI=1S/C11H16Br2/c1-9(2)5-4-6-10(3)7-8-11(12)13/h5,7-8H,4,6H2,1-3H3/b10-7+. The summed E-state index contributed by atoms with van der Waals surface area (Å²) in [5.74, 6) is 0. The minimum atomic E-state index is 0.988. The molecule has 0 spiro atoms. The van der Waals surface area contributed by atoms with Gasteiger partial charge in [-0.1, -0.05) is 23.3 Å². The minimum absolute atomic E-state index is 0.988. The molecule has 0 nitrogen and oxygen atoms in total. The Morgan fingerprint density at radius 1 is 1.08 bits per heavy atom. The second-order valence-electron chi connectivity index (χ2n) is 3.29. The highest BCUT2D eigenvalue weighted by Gasteiger charge is 1.87. The molecule has 0 saturated carbocycles. The molecule has 0 aliphatic carbocycles. The first kappa shape index (κ1) is 13.2. The van der Waals surface area contributed by atoms with Crippen molar-refractivity contribution in [2.75, 3.05) is 0 Å². The van der Waals surface area contributed by atoms with Crippen LogP contribution in [0.15, 0.2) is 32.8 Å². The van der Waals surface area contributed by atoms with Gasteiger partial charge in [-0.25, -0.2) is 0 Å². The molecule has 0 aliphatic heterocycles. The summed E-state index contributed by atoms with van der Waals surface area (Å²) in [6.45, 7) is 6.42. The van der Waals surface area contributed by atoms with E-state index in [9.17, 15) is 0 Å². The quantitative estimate of drug-likeness (QED) is 0.487. The molecule has 0 atom stereocenters. The average Bonchev–Trinajstić information content (AvgIpc) is 2.00. The summed E-state index contributed by atoms with van der Waals surface area (Å²) < 4.78 is 0.988. The van der Waals surface area contributed by atoms with Crippen molar-refractivity contribution in [1.82, 2.24) is 0 Å². The van der Waals surface area contributed by atoms with Crippen LogP contribution < -0.4 is 0 Å². The molecule has 0 heterocycles. The van der Waals surface area contributed by atoms with Crippen LogP contribution >= 0.6 is 31.9 Å². The topological polar surface area (TPSA) is 0 Å². The highest BCUT2D eigenvalue weighted by molar-refractivity contribution is 9.28. The van der Waals surface area contributed by atoms with E-state index >= 15 is 0 Å². The largest absolute Gasteiger partial charge is 0.0856 e. The van der Waals surface area contributed by atoms with Gasteiger partial charge in [0.1, 0.15) is 0 Å². The van der Waals surface area contributed by atoms with E-state index in [1.807, 2.05) is 6.08 Å². The van der Waals surface area contributed by atoms with Gasteiger partial charge in [0, 0.05) is 0 Å². The van der Waals surface area contributed by atoms with E-state index in [0.717, 1.165) is 16.2 Å². The number of hydrogen-bond donors (Lipinski definition) is 0. The Hall–Kier alpha value is 0.180. The SMILES string of the molecule is CC(C)=CCC/C(C)=C/C=C(Br)Br. The van der Waals surface area contributed by atoms with E-state index in [4.69, 9.17) is 0 Å². The molecule has 0 aromatic rings. The summed E-state index contributed by atoms with van der Waals surface area (Å²) in [5.41, 5.74) is 2.79. The molecule has 0 unspecified atom stereocenters. The lowest BCUT2D eigenvalue weighted by molar-refractivity contribution is 0.967. The van der Waals surface area contributed by atoms with Crippen LogP contribution in [0.4, 0.5) is 0 Å². The van der Waals surface area contributed by atoms with Crippen molar-refractivity contribution in [2.24, 2.45) is 0 Å². The molecule has 0 aromatic carbocycles. The van der Waals surface area contributed by atoms with Gasteiger partial charge < -0.3 is 0 Å². The molecule has 0 N–H and O–H groups in total. The Morgan fingerprint density at radius 3 is 2.15 bits per heavy atom. The maximum absolute atomic E-state index is 3.32. The van der Waals surface area contributed by atoms with Crippen molar-refractivity contribution in [3.63, 3.8) is 0 Å².